The second-order valence-corrected chi connectivity index (χ2v) is 7.39. The van der Waals surface area contributed by atoms with E-state index in [1.54, 1.807) is 0 Å². The standard InChI is InChI=1S/C19H27N3.C4H6O6/c1-3-4-5-6-7-11-14-20-19-16(2)15-18(21-22-19)17-12-9-8-10-13-17;5-1(3(7)8)2(6)4(9)10/h8-10,12-13,15H,3-7,11,14H2,1-2H3,(H,20,22);1-2,5-6H,(H,7,8)(H,9,10). The third kappa shape index (κ3) is 9.84. The van der Waals surface area contributed by atoms with Crippen LogP contribution in [0.2, 0.25) is 0 Å². The van der Waals surface area contributed by atoms with Crippen LogP contribution < -0.4 is 5.32 Å². The number of carbonyl (C=O) groups is 2. The van der Waals surface area contributed by atoms with E-state index in [0.29, 0.717) is 0 Å². The van der Waals surface area contributed by atoms with Gasteiger partial charge in [-0.1, -0.05) is 69.4 Å². The lowest BCUT2D eigenvalue weighted by Crippen LogP contribution is -2.39. The zero-order valence-electron chi connectivity index (χ0n) is 18.6. The third-order valence-electron chi connectivity index (χ3n) is 4.68. The Hall–Kier alpha value is -3.04. The first-order valence-electron chi connectivity index (χ1n) is 10.7. The van der Waals surface area contributed by atoms with Gasteiger partial charge in [0, 0.05) is 12.1 Å². The number of aryl methyl sites for hydroxylation is 1. The van der Waals surface area contributed by atoms with E-state index in [-0.39, 0.29) is 0 Å². The van der Waals surface area contributed by atoms with Gasteiger partial charge in [0.15, 0.2) is 18.0 Å². The first-order chi connectivity index (χ1) is 15.3. The lowest BCUT2D eigenvalue weighted by atomic mass is 10.1. The Bertz CT molecular complexity index is 814. The first kappa shape index (κ1) is 27.0. The van der Waals surface area contributed by atoms with Crippen LogP contribution in [-0.2, 0) is 9.59 Å². The van der Waals surface area contributed by atoms with Crippen molar-refractivity contribution in [2.75, 3.05) is 11.9 Å². The predicted molar refractivity (Wildman–Crippen MR) is 121 cm³/mol. The van der Waals surface area contributed by atoms with Crippen molar-refractivity contribution in [3.63, 3.8) is 0 Å². The zero-order valence-corrected chi connectivity index (χ0v) is 18.6. The maximum Gasteiger partial charge on any atom is 0.335 e. The fourth-order valence-corrected chi connectivity index (χ4v) is 2.79. The van der Waals surface area contributed by atoms with Crippen LogP contribution in [0.3, 0.4) is 0 Å². The minimum Gasteiger partial charge on any atom is -0.479 e. The molecule has 0 amide bonds. The maximum atomic E-state index is 9.77. The minimum atomic E-state index is -2.27. The highest BCUT2D eigenvalue weighted by Gasteiger charge is 2.29. The molecule has 0 aliphatic rings. The van der Waals surface area contributed by atoms with E-state index in [0.717, 1.165) is 29.2 Å². The summed E-state index contributed by atoms with van der Waals surface area (Å²) >= 11 is 0. The molecule has 5 N–H and O–H groups in total. The predicted octanol–water partition coefficient (Wildman–Crippen LogP) is 3.10. The van der Waals surface area contributed by atoms with E-state index in [1.807, 2.05) is 18.2 Å². The van der Waals surface area contributed by atoms with Crippen molar-refractivity contribution in [3.05, 3.63) is 42.0 Å². The molecule has 0 fully saturated rings. The molecule has 0 radical (unpaired) electrons. The van der Waals surface area contributed by atoms with Gasteiger partial charge in [-0.15, -0.1) is 10.2 Å². The largest absolute Gasteiger partial charge is 0.479 e. The van der Waals surface area contributed by atoms with E-state index in [4.69, 9.17) is 20.4 Å². The van der Waals surface area contributed by atoms with Crippen molar-refractivity contribution in [1.29, 1.82) is 0 Å². The summed E-state index contributed by atoms with van der Waals surface area (Å²) in [7, 11) is 0. The summed E-state index contributed by atoms with van der Waals surface area (Å²) in [6, 6.07) is 12.3. The van der Waals surface area contributed by atoms with Gasteiger partial charge in [-0.25, -0.2) is 9.59 Å². The molecule has 0 bridgehead atoms. The number of aliphatic carboxylic acids is 2. The van der Waals surface area contributed by atoms with Crippen molar-refractivity contribution >= 4 is 17.8 Å². The molecule has 1 heterocycles. The number of hydrogen-bond donors (Lipinski definition) is 5. The number of unbranched alkanes of at least 4 members (excludes halogenated alkanes) is 5. The summed E-state index contributed by atoms with van der Waals surface area (Å²) in [5, 5.41) is 44.6. The smallest absolute Gasteiger partial charge is 0.335 e. The SMILES string of the molecule is CCCCCCCCNc1nnc(-c2ccccc2)cc1C.O=C(O)C(O)C(O)C(=O)O. The van der Waals surface area contributed by atoms with E-state index in [2.05, 4.69) is 47.6 Å². The van der Waals surface area contributed by atoms with Gasteiger partial charge in [-0.2, -0.15) is 0 Å². The van der Waals surface area contributed by atoms with E-state index >= 15 is 0 Å². The number of benzene rings is 1. The fraction of sp³-hybridized carbons (Fsp3) is 0.478. The maximum absolute atomic E-state index is 9.77. The van der Waals surface area contributed by atoms with E-state index < -0.39 is 24.1 Å². The first-order valence-corrected chi connectivity index (χ1v) is 10.7. The topological polar surface area (TPSA) is 153 Å². The average molecular weight is 448 g/mol. The lowest BCUT2D eigenvalue weighted by Gasteiger charge is -2.09. The molecule has 2 rings (SSSR count). The monoisotopic (exact) mass is 447 g/mol. The molecule has 32 heavy (non-hydrogen) atoms. The molecule has 9 heteroatoms. The van der Waals surface area contributed by atoms with Crippen LogP contribution in [0.4, 0.5) is 5.82 Å². The molecule has 2 aromatic rings. The Morgan fingerprint density at radius 2 is 1.47 bits per heavy atom. The molecule has 0 aliphatic carbocycles. The molecule has 2 unspecified atom stereocenters. The van der Waals surface area contributed by atoms with Gasteiger partial charge in [0.25, 0.3) is 0 Å². The van der Waals surface area contributed by atoms with Crippen molar-refractivity contribution in [1.82, 2.24) is 10.2 Å². The van der Waals surface area contributed by atoms with Gasteiger partial charge in [0.1, 0.15) is 0 Å². The van der Waals surface area contributed by atoms with Gasteiger partial charge in [-0.05, 0) is 25.0 Å². The second-order valence-electron chi connectivity index (χ2n) is 7.39. The highest BCUT2D eigenvalue weighted by molar-refractivity contribution is 5.83. The number of aliphatic hydroxyl groups excluding tert-OH is 2. The molecular formula is C23H33N3O6. The second kappa shape index (κ2) is 14.9. The Morgan fingerprint density at radius 3 is 2.00 bits per heavy atom. The Balaban J connectivity index is 0.000000433. The summed E-state index contributed by atoms with van der Waals surface area (Å²) in [5.41, 5.74) is 3.20. The molecule has 9 nitrogen and oxygen atoms in total. The Morgan fingerprint density at radius 1 is 0.906 bits per heavy atom. The molecule has 0 spiro atoms. The van der Waals surface area contributed by atoms with Crippen LogP contribution in [0.25, 0.3) is 11.3 Å². The van der Waals surface area contributed by atoms with Gasteiger partial charge in [0.2, 0.25) is 0 Å². The van der Waals surface area contributed by atoms with Gasteiger partial charge in [0.05, 0.1) is 5.69 Å². The average Bonchev–Trinajstić information content (AvgIpc) is 2.79. The number of nitrogens with zero attached hydrogens (tertiary/aromatic N) is 2. The number of aromatic nitrogens is 2. The number of hydrogen-bond acceptors (Lipinski definition) is 7. The summed E-state index contributed by atoms with van der Waals surface area (Å²) in [5.74, 6) is -2.63. The number of anilines is 1. The zero-order chi connectivity index (χ0) is 23.9. The molecule has 176 valence electrons. The molecule has 0 saturated carbocycles. The molecule has 0 saturated heterocycles. The summed E-state index contributed by atoms with van der Waals surface area (Å²) in [6.07, 6.45) is 3.33. The molecular weight excluding hydrogens is 414 g/mol. The van der Waals surface area contributed by atoms with Crippen molar-refractivity contribution < 1.29 is 30.0 Å². The van der Waals surface area contributed by atoms with Crippen molar-refractivity contribution in [3.8, 4) is 11.3 Å². The third-order valence-corrected chi connectivity index (χ3v) is 4.68. The summed E-state index contributed by atoms with van der Waals surface area (Å²) in [4.78, 5) is 19.5. The molecule has 1 aromatic heterocycles. The van der Waals surface area contributed by atoms with Crippen LogP contribution in [0.5, 0.6) is 0 Å². The minimum absolute atomic E-state index is 0.910. The lowest BCUT2D eigenvalue weighted by molar-refractivity contribution is -0.165. The van der Waals surface area contributed by atoms with E-state index in [1.165, 1.54) is 38.5 Å². The highest BCUT2D eigenvalue weighted by atomic mass is 16.4. The highest BCUT2D eigenvalue weighted by Crippen LogP contribution is 2.20. The number of nitrogens with one attached hydrogen (secondary N) is 1. The van der Waals surface area contributed by atoms with Gasteiger partial charge in [-0.3, -0.25) is 0 Å². The van der Waals surface area contributed by atoms with Crippen LogP contribution in [0, 0.1) is 6.92 Å². The number of carboxylic acid groups (broad SMARTS) is 2. The quantitative estimate of drug-likeness (QED) is 0.309. The van der Waals surface area contributed by atoms with Crippen LogP contribution >= 0.6 is 0 Å². The molecule has 0 aliphatic heterocycles. The van der Waals surface area contributed by atoms with E-state index in [9.17, 15) is 9.59 Å². The normalized spacial score (nSPS) is 12.2. The Kier molecular flexibility index (Phi) is 12.5. The van der Waals surface area contributed by atoms with Crippen LogP contribution in [-0.4, -0.2) is 61.3 Å². The molecule has 1 aromatic carbocycles. The number of carboxylic acids is 2. The Labute approximate surface area is 188 Å². The fourth-order valence-electron chi connectivity index (χ4n) is 2.79. The van der Waals surface area contributed by atoms with Crippen molar-refractivity contribution in [2.24, 2.45) is 0 Å². The number of rotatable bonds is 12. The number of aliphatic hydroxyl groups is 2. The summed E-state index contributed by atoms with van der Waals surface area (Å²) < 4.78 is 0. The van der Waals surface area contributed by atoms with Gasteiger partial charge < -0.3 is 25.7 Å². The van der Waals surface area contributed by atoms with Crippen molar-refractivity contribution in [2.45, 2.75) is 64.6 Å². The molecule has 2 atom stereocenters. The van der Waals surface area contributed by atoms with Gasteiger partial charge >= 0.3 is 11.9 Å². The summed E-state index contributed by atoms with van der Waals surface area (Å²) in [6.45, 7) is 5.32. The van der Waals surface area contributed by atoms with Crippen LogP contribution in [0.1, 0.15) is 51.0 Å². The van der Waals surface area contributed by atoms with Crippen LogP contribution in [0.15, 0.2) is 36.4 Å².